The highest BCUT2D eigenvalue weighted by atomic mass is 35.5. The van der Waals surface area contributed by atoms with Crippen LogP contribution in [0.5, 0.6) is 0 Å². The number of fused-ring (bicyclic) bond motifs is 2. The predicted octanol–water partition coefficient (Wildman–Crippen LogP) is 1.17. The van der Waals surface area contributed by atoms with E-state index in [1.807, 2.05) is 5.32 Å². The Balaban J connectivity index is 2.28. The van der Waals surface area contributed by atoms with Crippen LogP contribution in [0.4, 0.5) is 10.5 Å². The van der Waals surface area contributed by atoms with Crippen molar-refractivity contribution in [3.05, 3.63) is 28.8 Å². The molecule has 19 heavy (non-hydrogen) atoms. The molecule has 98 valence electrons. The predicted molar refractivity (Wildman–Crippen MR) is 65.8 cm³/mol. The van der Waals surface area contributed by atoms with Gasteiger partial charge in [0.25, 0.3) is 17.4 Å². The van der Waals surface area contributed by atoms with Crippen molar-refractivity contribution in [2.75, 3.05) is 11.4 Å². The largest absolute Gasteiger partial charge is 0.417 e. The minimum atomic E-state index is -1.92. The minimum Gasteiger partial charge on any atom is -0.417 e. The van der Waals surface area contributed by atoms with Gasteiger partial charge in [-0.25, -0.2) is 4.79 Å². The average molecular weight is 281 g/mol. The normalized spacial score (nSPS) is 24.7. The molecule has 6 nitrogen and oxygen atoms in total. The maximum Gasteiger partial charge on any atom is 0.415 e. The molecule has 1 saturated heterocycles. The van der Waals surface area contributed by atoms with Crippen LogP contribution in [0.3, 0.4) is 0 Å². The molecule has 1 N–H and O–H groups in total. The van der Waals surface area contributed by atoms with Gasteiger partial charge in [-0.15, -0.1) is 0 Å². The van der Waals surface area contributed by atoms with Crippen molar-refractivity contribution in [2.24, 2.45) is 0 Å². The molecular weight excluding hydrogens is 272 g/mol. The maximum atomic E-state index is 12.4. The van der Waals surface area contributed by atoms with Gasteiger partial charge in [0.2, 0.25) is 0 Å². The molecule has 1 aromatic carbocycles. The van der Waals surface area contributed by atoms with Gasteiger partial charge in [-0.3, -0.25) is 14.9 Å². The number of hydrogen-bond donors (Lipinski definition) is 1. The SMILES string of the molecule is CCN1C(=O)C2(OC(=O)NC2=O)c2cc(Cl)ccc21. The molecule has 0 saturated carbocycles. The topological polar surface area (TPSA) is 75.7 Å². The van der Waals surface area contributed by atoms with E-state index in [-0.39, 0.29) is 0 Å². The number of imide groups is 1. The molecular formula is C12H9ClN2O4. The molecule has 1 unspecified atom stereocenters. The lowest BCUT2D eigenvalue weighted by molar-refractivity contribution is -0.145. The van der Waals surface area contributed by atoms with Gasteiger partial charge in [0.05, 0.1) is 5.69 Å². The lowest BCUT2D eigenvalue weighted by Crippen LogP contribution is -2.46. The van der Waals surface area contributed by atoms with Crippen LogP contribution >= 0.6 is 11.6 Å². The van der Waals surface area contributed by atoms with Gasteiger partial charge < -0.3 is 9.64 Å². The molecule has 0 aliphatic carbocycles. The molecule has 3 amide bonds. The van der Waals surface area contributed by atoms with Gasteiger partial charge in [-0.05, 0) is 25.1 Å². The highest BCUT2D eigenvalue weighted by Crippen LogP contribution is 2.45. The van der Waals surface area contributed by atoms with E-state index in [1.165, 1.54) is 11.0 Å². The standard InChI is InChI=1S/C12H9ClN2O4/c1-2-15-8-4-3-6(13)5-7(8)12(10(15)17)9(16)14-11(18)19-12/h3-5H,2H2,1H3,(H,14,16,18). The number of benzene rings is 1. The van der Waals surface area contributed by atoms with Crippen LogP contribution in [0.1, 0.15) is 12.5 Å². The minimum absolute atomic E-state index is 0.301. The van der Waals surface area contributed by atoms with E-state index in [9.17, 15) is 14.4 Å². The van der Waals surface area contributed by atoms with Gasteiger partial charge in [0, 0.05) is 17.1 Å². The summed E-state index contributed by atoms with van der Waals surface area (Å²) in [7, 11) is 0. The molecule has 3 rings (SSSR count). The number of halogens is 1. The number of anilines is 1. The van der Waals surface area contributed by atoms with Crippen molar-refractivity contribution >= 4 is 35.2 Å². The van der Waals surface area contributed by atoms with Crippen LogP contribution in [-0.2, 0) is 19.9 Å². The first-order chi connectivity index (χ1) is 9.00. The van der Waals surface area contributed by atoms with Crippen LogP contribution in [0.2, 0.25) is 5.02 Å². The van der Waals surface area contributed by atoms with Crippen molar-refractivity contribution in [1.82, 2.24) is 5.32 Å². The summed E-state index contributed by atoms with van der Waals surface area (Å²) in [6.07, 6.45) is -0.928. The fourth-order valence-corrected chi connectivity index (χ4v) is 2.64. The van der Waals surface area contributed by atoms with Crippen molar-refractivity contribution in [3.8, 4) is 0 Å². The third-order valence-corrected chi connectivity index (χ3v) is 3.51. The molecule has 0 bridgehead atoms. The van der Waals surface area contributed by atoms with Crippen LogP contribution in [0.25, 0.3) is 0 Å². The molecule has 7 heteroatoms. The highest BCUT2D eigenvalue weighted by Gasteiger charge is 2.63. The molecule has 1 fully saturated rings. The Hall–Kier alpha value is -2.08. The van der Waals surface area contributed by atoms with Gasteiger partial charge in [-0.1, -0.05) is 11.6 Å². The van der Waals surface area contributed by atoms with E-state index in [2.05, 4.69) is 0 Å². The van der Waals surface area contributed by atoms with E-state index in [0.29, 0.717) is 22.8 Å². The summed E-state index contributed by atoms with van der Waals surface area (Å²) < 4.78 is 5.00. The Morgan fingerprint density at radius 3 is 2.68 bits per heavy atom. The number of carbonyl (C=O) groups excluding carboxylic acids is 3. The second kappa shape index (κ2) is 3.71. The number of alkyl carbamates (subject to hydrolysis) is 1. The van der Waals surface area contributed by atoms with Crippen LogP contribution < -0.4 is 10.2 Å². The summed E-state index contributed by atoms with van der Waals surface area (Å²) in [6, 6.07) is 4.72. The van der Waals surface area contributed by atoms with Crippen molar-refractivity contribution in [1.29, 1.82) is 0 Å². The summed E-state index contributed by atoms with van der Waals surface area (Å²) in [6.45, 7) is 2.13. The third-order valence-electron chi connectivity index (χ3n) is 3.27. The van der Waals surface area contributed by atoms with Crippen LogP contribution in [-0.4, -0.2) is 24.5 Å². The van der Waals surface area contributed by atoms with Crippen LogP contribution in [0.15, 0.2) is 18.2 Å². The van der Waals surface area contributed by atoms with E-state index >= 15 is 0 Å². The van der Waals surface area contributed by atoms with Gasteiger partial charge >= 0.3 is 6.09 Å². The van der Waals surface area contributed by atoms with Gasteiger partial charge in [0.15, 0.2) is 0 Å². The first-order valence-electron chi connectivity index (χ1n) is 5.67. The fourth-order valence-electron chi connectivity index (χ4n) is 2.46. The Morgan fingerprint density at radius 1 is 1.37 bits per heavy atom. The summed E-state index contributed by atoms with van der Waals surface area (Å²) >= 11 is 5.91. The first kappa shape index (κ1) is 12.0. The quantitative estimate of drug-likeness (QED) is 0.784. The molecule has 1 aromatic rings. The lowest BCUT2D eigenvalue weighted by atomic mass is 9.95. The maximum absolute atomic E-state index is 12.4. The summed E-state index contributed by atoms with van der Waals surface area (Å²) in [5, 5.41) is 2.36. The lowest BCUT2D eigenvalue weighted by Gasteiger charge is -2.18. The Labute approximate surface area is 113 Å². The highest BCUT2D eigenvalue weighted by molar-refractivity contribution is 6.32. The Bertz CT molecular complexity index is 630. The van der Waals surface area contributed by atoms with Gasteiger partial charge in [0.1, 0.15) is 0 Å². The summed E-state index contributed by atoms with van der Waals surface area (Å²) in [5.41, 5.74) is -1.09. The van der Waals surface area contributed by atoms with Crippen molar-refractivity contribution in [3.63, 3.8) is 0 Å². The zero-order valence-corrected chi connectivity index (χ0v) is 10.7. The number of nitrogens with zero attached hydrogens (tertiary/aromatic N) is 1. The molecule has 1 atom stereocenters. The van der Waals surface area contributed by atoms with Crippen molar-refractivity contribution in [2.45, 2.75) is 12.5 Å². The summed E-state index contributed by atoms with van der Waals surface area (Å²) in [5.74, 6) is -1.35. The second-order valence-electron chi connectivity index (χ2n) is 4.24. The second-order valence-corrected chi connectivity index (χ2v) is 4.67. The zero-order chi connectivity index (χ0) is 13.8. The number of amides is 3. The van der Waals surface area contributed by atoms with Gasteiger partial charge in [-0.2, -0.15) is 0 Å². The number of carbonyl (C=O) groups is 3. The van der Waals surface area contributed by atoms with E-state index in [1.54, 1.807) is 19.1 Å². The number of nitrogens with one attached hydrogen (secondary N) is 1. The fraction of sp³-hybridized carbons (Fsp3) is 0.250. The number of likely N-dealkylation sites (N-methyl/N-ethyl adjacent to an activating group) is 1. The smallest absolute Gasteiger partial charge is 0.415 e. The number of hydrogen-bond acceptors (Lipinski definition) is 4. The molecule has 0 radical (unpaired) electrons. The Kier molecular flexibility index (Phi) is 2.34. The average Bonchev–Trinajstić information content (AvgIpc) is 2.78. The molecule has 0 aromatic heterocycles. The number of rotatable bonds is 1. The molecule has 2 aliphatic rings. The van der Waals surface area contributed by atoms with E-state index in [0.717, 1.165) is 0 Å². The zero-order valence-electron chi connectivity index (χ0n) is 9.90. The molecule has 1 spiro atoms. The molecule has 2 heterocycles. The summed E-state index contributed by atoms with van der Waals surface area (Å²) in [4.78, 5) is 37.1. The Morgan fingerprint density at radius 2 is 2.11 bits per heavy atom. The first-order valence-corrected chi connectivity index (χ1v) is 6.05. The van der Waals surface area contributed by atoms with E-state index in [4.69, 9.17) is 16.3 Å². The number of ether oxygens (including phenoxy) is 1. The monoisotopic (exact) mass is 280 g/mol. The van der Waals surface area contributed by atoms with E-state index < -0.39 is 23.5 Å². The third kappa shape index (κ3) is 1.34. The molecule has 2 aliphatic heterocycles. The van der Waals surface area contributed by atoms with Crippen molar-refractivity contribution < 1.29 is 19.1 Å². The van der Waals surface area contributed by atoms with Crippen LogP contribution in [0, 0.1) is 0 Å².